The summed E-state index contributed by atoms with van der Waals surface area (Å²) in [7, 11) is 0. The summed E-state index contributed by atoms with van der Waals surface area (Å²) in [6.45, 7) is 0. The number of aromatic nitrogens is 1. The van der Waals surface area contributed by atoms with Gasteiger partial charge < -0.3 is 9.26 Å². The van der Waals surface area contributed by atoms with Crippen LogP contribution in [-0.2, 0) is 11.2 Å². The Bertz CT molecular complexity index is 883. The molecule has 1 aromatic heterocycles. The number of hydrogen-bond donors (Lipinski definition) is 0. The number of halogens is 1. The van der Waals surface area contributed by atoms with Gasteiger partial charge in [0, 0.05) is 17.9 Å². The van der Waals surface area contributed by atoms with Crippen LogP contribution in [0.1, 0.15) is 24.1 Å². The fraction of sp³-hybridized carbons (Fsp3) is 0.222. The average molecular weight is 311 g/mol. The van der Waals surface area contributed by atoms with E-state index in [2.05, 4.69) is 5.16 Å². The van der Waals surface area contributed by atoms with Gasteiger partial charge in [0.05, 0.1) is 11.6 Å². The molecule has 0 saturated heterocycles. The van der Waals surface area contributed by atoms with E-state index in [1.807, 2.05) is 0 Å². The molecule has 0 atom stereocenters. The molecule has 4 rings (SSSR count). The van der Waals surface area contributed by atoms with Gasteiger partial charge in [0.1, 0.15) is 11.6 Å². The molecule has 0 amide bonds. The lowest BCUT2D eigenvalue weighted by Gasteiger charge is -2.03. The highest BCUT2D eigenvalue weighted by atomic mass is 19.1. The molecule has 1 saturated carbocycles. The Morgan fingerprint density at radius 1 is 1.26 bits per heavy atom. The molecular weight excluding hydrogens is 297 g/mol. The van der Waals surface area contributed by atoms with Gasteiger partial charge in [0.15, 0.2) is 5.58 Å². The molecule has 5 heteroatoms. The van der Waals surface area contributed by atoms with E-state index >= 15 is 0 Å². The zero-order chi connectivity index (χ0) is 15.8. The predicted octanol–water partition coefficient (Wildman–Crippen LogP) is 3.87. The van der Waals surface area contributed by atoms with Crippen LogP contribution in [0.3, 0.4) is 0 Å². The summed E-state index contributed by atoms with van der Waals surface area (Å²) in [5.41, 5.74) is 1.74. The smallest absolute Gasteiger partial charge is 0.314 e. The molecule has 3 aromatic rings. The third-order valence-electron chi connectivity index (χ3n) is 3.96. The summed E-state index contributed by atoms with van der Waals surface area (Å²) in [6, 6.07) is 11.7. The van der Waals surface area contributed by atoms with Crippen molar-refractivity contribution in [1.29, 1.82) is 0 Å². The Morgan fingerprint density at radius 2 is 2.09 bits per heavy atom. The number of carbonyl (C=O) groups is 1. The van der Waals surface area contributed by atoms with Crippen molar-refractivity contribution < 1.29 is 18.4 Å². The van der Waals surface area contributed by atoms with Crippen molar-refractivity contribution in [2.45, 2.75) is 19.3 Å². The second-order valence-electron chi connectivity index (χ2n) is 5.75. The lowest BCUT2D eigenvalue weighted by molar-refractivity contribution is -0.135. The number of benzene rings is 2. The molecule has 0 unspecified atom stereocenters. The molecule has 1 heterocycles. The van der Waals surface area contributed by atoms with Gasteiger partial charge in [0.25, 0.3) is 0 Å². The van der Waals surface area contributed by atoms with Crippen molar-refractivity contribution in [1.82, 2.24) is 5.16 Å². The second-order valence-corrected chi connectivity index (χ2v) is 5.75. The molecule has 23 heavy (non-hydrogen) atoms. The number of ether oxygens (including phenoxy) is 1. The van der Waals surface area contributed by atoms with E-state index in [1.54, 1.807) is 36.4 Å². The molecule has 0 N–H and O–H groups in total. The maximum absolute atomic E-state index is 13.8. The minimum absolute atomic E-state index is 0.0389. The van der Waals surface area contributed by atoms with Crippen LogP contribution in [0.4, 0.5) is 4.39 Å². The van der Waals surface area contributed by atoms with Gasteiger partial charge in [-0.25, -0.2) is 4.39 Å². The summed E-state index contributed by atoms with van der Waals surface area (Å²) in [5, 5.41) is 4.81. The Kier molecular flexibility index (Phi) is 3.33. The van der Waals surface area contributed by atoms with Gasteiger partial charge in [-0.2, -0.15) is 0 Å². The third kappa shape index (κ3) is 2.82. The van der Waals surface area contributed by atoms with Crippen LogP contribution in [0.2, 0.25) is 0 Å². The molecule has 1 aliphatic rings. The van der Waals surface area contributed by atoms with Crippen molar-refractivity contribution in [3.63, 3.8) is 0 Å². The Labute approximate surface area is 131 Å². The summed E-state index contributed by atoms with van der Waals surface area (Å²) < 4.78 is 24.4. The fourth-order valence-electron chi connectivity index (χ4n) is 2.50. The monoisotopic (exact) mass is 311 g/mol. The van der Waals surface area contributed by atoms with Crippen LogP contribution in [0, 0.1) is 11.7 Å². The van der Waals surface area contributed by atoms with Crippen molar-refractivity contribution >= 4 is 16.9 Å². The highest BCUT2D eigenvalue weighted by molar-refractivity contribution is 5.83. The van der Waals surface area contributed by atoms with Crippen LogP contribution in [-0.4, -0.2) is 11.1 Å². The number of esters is 1. The zero-order valence-electron chi connectivity index (χ0n) is 12.3. The maximum Gasteiger partial charge on any atom is 0.314 e. The maximum atomic E-state index is 13.8. The van der Waals surface area contributed by atoms with E-state index in [1.165, 1.54) is 6.07 Å². The first-order valence-electron chi connectivity index (χ1n) is 7.54. The first-order chi connectivity index (χ1) is 11.2. The molecule has 0 radical (unpaired) electrons. The van der Waals surface area contributed by atoms with Gasteiger partial charge in [-0.1, -0.05) is 23.4 Å². The minimum atomic E-state index is -0.265. The lowest BCUT2D eigenvalue weighted by atomic mass is 10.1. The minimum Gasteiger partial charge on any atom is -0.426 e. The second kappa shape index (κ2) is 5.50. The van der Waals surface area contributed by atoms with Crippen LogP contribution in [0.25, 0.3) is 11.0 Å². The Hall–Kier alpha value is -2.69. The van der Waals surface area contributed by atoms with Crippen molar-refractivity contribution in [2.75, 3.05) is 0 Å². The molecule has 0 spiro atoms. The van der Waals surface area contributed by atoms with E-state index in [0.717, 1.165) is 18.2 Å². The molecule has 4 nitrogen and oxygen atoms in total. The summed E-state index contributed by atoms with van der Waals surface area (Å²) in [6.07, 6.45) is 2.15. The molecule has 0 aliphatic heterocycles. The summed E-state index contributed by atoms with van der Waals surface area (Å²) >= 11 is 0. The predicted molar refractivity (Wildman–Crippen MR) is 81.6 cm³/mol. The zero-order valence-corrected chi connectivity index (χ0v) is 12.3. The highest BCUT2D eigenvalue weighted by Crippen LogP contribution is 2.32. The SMILES string of the molecule is O=C(Oc1ccc2c(Cc3ccccc3F)noc2c1)C1CC1. The Balaban J connectivity index is 1.60. The number of nitrogens with zero attached hydrogens (tertiary/aromatic N) is 1. The van der Waals surface area contributed by atoms with Crippen LogP contribution >= 0.6 is 0 Å². The number of carbonyl (C=O) groups excluding carboxylic acids is 1. The molecule has 0 bridgehead atoms. The normalized spacial score (nSPS) is 14.1. The number of fused-ring (bicyclic) bond motifs is 1. The van der Waals surface area contributed by atoms with E-state index in [-0.39, 0.29) is 17.7 Å². The lowest BCUT2D eigenvalue weighted by Crippen LogP contribution is -2.09. The van der Waals surface area contributed by atoms with Gasteiger partial charge in [-0.05, 0) is 36.6 Å². The standard InChI is InChI=1S/C18H14FNO3/c19-15-4-2-1-3-12(15)9-16-14-8-7-13(10-17(14)23-20-16)22-18(21)11-5-6-11/h1-4,7-8,10-11H,5-6,9H2. The molecule has 116 valence electrons. The summed E-state index contributed by atoms with van der Waals surface area (Å²) in [4.78, 5) is 11.7. The molecule has 1 fully saturated rings. The van der Waals surface area contributed by atoms with E-state index in [4.69, 9.17) is 9.26 Å². The first kappa shape index (κ1) is 13.9. The van der Waals surface area contributed by atoms with E-state index < -0.39 is 0 Å². The average Bonchev–Trinajstić information content (AvgIpc) is 3.33. The van der Waals surface area contributed by atoms with Gasteiger partial charge in [-0.15, -0.1) is 0 Å². The molecule has 2 aromatic carbocycles. The molecule has 1 aliphatic carbocycles. The largest absolute Gasteiger partial charge is 0.426 e. The van der Waals surface area contributed by atoms with E-state index in [9.17, 15) is 9.18 Å². The summed E-state index contributed by atoms with van der Waals surface area (Å²) in [5.74, 6) is 0.0223. The van der Waals surface area contributed by atoms with Gasteiger partial charge in [0.2, 0.25) is 0 Å². The molecular formula is C18H14FNO3. The van der Waals surface area contributed by atoms with Crippen molar-refractivity contribution in [2.24, 2.45) is 5.92 Å². The van der Waals surface area contributed by atoms with Gasteiger partial charge in [-0.3, -0.25) is 4.79 Å². The highest BCUT2D eigenvalue weighted by Gasteiger charge is 2.31. The van der Waals surface area contributed by atoms with Crippen LogP contribution in [0.15, 0.2) is 47.0 Å². The number of hydrogen-bond acceptors (Lipinski definition) is 4. The van der Waals surface area contributed by atoms with E-state index in [0.29, 0.717) is 29.0 Å². The number of rotatable bonds is 4. The fourth-order valence-corrected chi connectivity index (χ4v) is 2.50. The topological polar surface area (TPSA) is 52.3 Å². The van der Waals surface area contributed by atoms with Crippen LogP contribution < -0.4 is 4.74 Å². The first-order valence-corrected chi connectivity index (χ1v) is 7.54. The van der Waals surface area contributed by atoms with Crippen LogP contribution in [0.5, 0.6) is 5.75 Å². The van der Waals surface area contributed by atoms with Crippen molar-refractivity contribution in [3.8, 4) is 5.75 Å². The van der Waals surface area contributed by atoms with Gasteiger partial charge >= 0.3 is 5.97 Å². The quantitative estimate of drug-likeness (QED) is 0.542. The van der Waals surface area contributed by atoms with Crippen molar-refractivity contribution in [3.05, 3.63) is 59.5 Å². The third-order valence-corrected chi connectivity index (χ3v) is 3.96. The Morgan fingerprint density at radius 3 is 2.87 bits per heavy atom.